The molecule has 0 aliphatic rings. The van der Waals surface area contributed by atoms with Crippen molar-refractivity contribution < 1.29 is 14.6 Å². The van der Waals surface area contributed by atoms with Crippen LogP contribution in [-0.4, -0.2) is 18.0 Å². The van der Waals surface area contributed by atoms with Crippen molar-refractivity contribution in [2.24, 2.45) is 10.8 Å². The largest absolute Gasteiger partial charge is 0.508 e. The maximum absolute atomic E-state index is 9.01. The van der Waals surface area contributed by atoms with E-state index in [9.17, 15) is 0 Å². The monoisotopic (exact) mass is 470 g/mol. The Bertz CT molecular complexity index is 795. The smallest absolute Gasteiger partial charge is 0.200 e. The first-order valence-corrected chi connectivity index (χ1v) is 12.9. The summed E-state index contributed by atoms with van der Waals surface area (Å²) in [4.78, 5) is 0. The second kappa shape index (κ2) is 13.8. The average molecular weight is 471 g/mol. The van der Waals surface area contributed by atoms with Crippen LogP contribution in [0, 0.1) is 10.8 Å². The van der Waals surface area contributed by atoms with Crippen molar-refractivity contribution in [1.82, 2.24) is 0 Å². The molecule has 0 amide bonds. The van der Waals surface area contributed by atoms with Gasteiger partial charge in [0.05, 0.1) is 6.61 Å². The van der Waals surface area contributed by atoms with Crippen molar-refractivity contribution in [2.75, 3.05) is 6.61 Å². The minimum atomic E-state index is -0.205. The molecule has 2 aromatic rings. The fraction of sp³-hybridized carbons (Fsp3) is 0.613. The van der Waals surface area contributed by atoms with Gasteiger partial charge in [-0.15, -0.1) is 0 Å². The molecule has 3 nitrogen and oxygen atoms in total. The third-order valence-corrected chi connectivity index (χ3v) is 5.88. The Balaban J connectivity index is 0.000000437. The van der Waals surface area contributed by atoms with Crippen LogP contribution in [-0.2, 0) is 4.74 Å². The molecule has 192 valence electrons. The summed E-state index contributed by atoms with van der Waals surface area (Å²) in [6.45, 7) is 22.7. The molecule has 1 N–H and O–H groups in total. The van der Waals surface area contributed by atoms with Gasteiger partial charge in [0.25, 0.3) is 0 Å². The highest BCUT2D eigenvalue weighted by Crippen LogP contribution is 2.28. The normalized spacial score (nSPS) is 14.5. The van der Waals surface area contributed by atoms with E-state index < -0.39 is 0 Å². The van der Waals surface area contributed by atoms with Gasteiger partial charge in [0.15, 0.2) is 6.29 Å². The summed E-state index contributed by atoms with van der Waals surface area (Å²) in [5.41, 5.74) is 2.96. The van der Waals surface area contributed by atoms with E-state index in [1.165, 1.54) is 11.1 Å². The summed E-state index contributed by atoms with van der Waals surface area (Å²) in [5.74, 6) is 2.42. The molecule has 0 aliphatic carbocycles. The van der Waals surface area contributed by atoms with E-state index in [0.29, 0.717) is 24.2 Å². The number of rotatable bonds is 9. The molecule has 2 rings (SSSR count). The lowest BCUT2D eigenvalue weighted by molar-refractivity contribution is -0.118. The van der Waals surface area contributed by atoms with Crippen LogP contribution in [0.2, 0.25) is 0 Å². The summed E-state index contributed by atoms with van der Waals surface area (Å²) in [7, 11) is 0. The van der Waals surface area contributed by atoms with Crippen LogP contribution in [0.3, 0.4) is 0 Å². The second-order valence-corrected chi connectivity index (χ2v) is 12.0. The molecule has 0 spiro atoms. The molecule has 0 saturated carbocycles. The number of aromatic hydroxyl groups is 1. The van der Waals surface area contributed by atoms with Crippen LogP contribution in [0.15, 0.2) is 48.5 Å². The maximum atomic E-state index is 9.01. The molecule has 0 saturated heterocycles. The molecule has 0 radical (unpaired) electrons. The lowest BCUT2D eigenvalue weighted by Gasteiger charge is -2.29. The zero-order valence-corrected chi connectivity index (χ0v) is 23.4. The number of benzene rings is 2. The van der Waals surface area contributed by atoms with Gasteiger partial charge >= 0.3 is 0 Å². The molecule has 3 unspecified atom stereocenters. The predicted molar refractivity (Wildman–Crippen MR) is 146 cm³/mol. The van der Waals surface area contributed by atoms with E-state index in [4.69, 9.17) is 14.6 Å². The van der Waals surface area contributed by atoms with Crippen molar-refractivity contribution in [1.29, 1.82) is 0 Å². The van der Waals surface area contributed by atoms with Crippen LogP contribution in [0.5, 0.6) is 11.5 Å². The zero-order valence-electron chi connectivity index (χ0n) is 23.4. The van der Waals surface area contributed by atoms with Crippen LogP contribution < -0.4 is 4.74 Å². The quantitative estimate of drug-likeness (QED) is 0.371. The lowest BCUT2D eigenvalue weighted by atomic mass is 9.92. The molecule has 0 aromatic heterocycles. The van der Waals surface area contributed by atoms with E-state index >= 15 is 0 Å². The van der Waals surface area contributed by atoms with Gasteiger partial charge in [-0.1, -0.05) is 93.5 Å². The van der Waals surface area contributed by atoms with Crippen LogP contribution in [0.4, 0.5) is 0 Å². The topological polar surface area (TPSA) is 38.7 Å². The van der Waals surface area contributed by atoms with Gasteiger partial charge in [-0.05, 0) is 70.9 Å². The minimum Gasteiger partial charge on any atom is -0.508 e. The van der Waals surface area contributed by atoms with Crippen molar-refractivity contribution in [3.05, 3.63) is 59.7 Å². The van der Waals surface area contributed by atoms with Gasteiger partial charge in [0.1, 0.15) is 11.5 Å². The van der Waals surface area contributed by atoms with Crippen molar-refractivity contribution in [3.63, 3.8) is 0 Å². The molecule has 34 heavy (non-hydrogen) atoms. The Morgan fingerprint density at radius 1 is 0.706 bits per heavy atom. The molecule has 2 aromatic carbocycles. The number of hydrogen-bond donors (Lipinski definition) is 1. The second-order valence-electron chi connectivity index (χ2n) is 12.0. The summed E-state index contributed by atoms with van der Waals surface area (Å²) in [6.07, 6.45) is 2.96. The summed E-state index contributed by atoms with van der Waals surface area (Å²) in [6, 6.07) is 15.9. The SMILES string of the molecule is CCC(C)c1ccc(O)cc1.CCC(C)c1ccc(OC(CC(C)(C)C)OCC(C)(C)C)cc1. The standard InChI is InChI=1S/C21H36O2.C10H14O/c1-9-16(2)17-10-12-18(13-11-17)23-19(14-20(3,4)5)22-15-21(6,7)8;1-3-8(2)9-4-6-10(11)7-5-9/h10-13,16,19H,9,14-15H2,1-8H3;4-8,11H,3H2,1-2H3. The fourth-order valence-corrected chi connectivity index (χ4v) is 3.28. The van der Waals surface area contributed by atoms with Gasteiger partial charge < -0.3 is 14.6 Å². The average Bonchev–Trinajstić information content (AvgIpc) is 2.76. The van der Waals surface area contributed by atoms with E-state index in [1.807, 2.05) is 12.1 Å². The Morgan fingerprint density at radius 2 is 1.15 bits per heavy atom. The van der Waals surface area contributed by atoms with Crippen LogP contribution >= 0.6 is 0 Å². The maximum Gasteiger partial charge on any atom is 0.200 e. The molecule has 0 aliphatic heterocycles. The number of phenolic OH excluding ortho intramolecular Hbond substituents is 1. The van der Waals surface area contributed by atoms with Gasteiger partial charge in [-0.3, -0.25) is 0 Å². The Labute approximate surface area is 209 Å². The third-order valence-electron chi connectivity index (χ3n) is 5.88. The molecule has 0 fully saturated rings. The van der Waals surface area contributed by atoms with E-state index in [-0.39, 0.29) is 17.1 Å². The van der Waals surface area contributed by atoms with Gasteiger partial charge in [0.2, 0.25) is 0 Å². The van der Waals surface area contributed by atoms with E-state index in [2.05, 4.69) is 93.5 Å². The molecule has 0 bridgehead atoms. The predicted octanol–water partition coefficient (Wildman–Crippen LogP) is 9.31. The Hall–Kier alpha value is -2.00. The van der Waals surface area contributed by atoms with Gasteiger partial charge in [-0.2, -0.15) is 0 Å². The van der Waals surface area contributed by atoms with Gasteiger partial charge in [-0.25, -0.2) is 0 Å². The third kappa shape index (κ3) is 12.5. The van der Waals surface area contributed by atoms with E-state index in [1.54, 1.807) is 12.1 Å². The first-order chi connectivity index (χ1) is 15.7. The van der Waals surface area contributed by atoms with Gasteiger partial charge in [0, 0.05) is 6.42 Å². The minimum absolute atomic E-state index is 0.139. The van der Waals surface area contributed by atoms with Crippen LogP contribution in [0.1, 0.15) is 111 Å². The summed E-state index contributed by atoms with van der Waals surface area (Å²) >= 11 is 0. The summed E-state index contributed by atoms with van der Waals surface area (Å²) < 4.78 is 12.2. The Kier molecular flexibility index (Phi) is 12.2. The molecular weight excluding hydrogens is 420 g/mol. The first kappa shape index (κ1) is 30.0. The fourth-order valence-electron chi connectivity index (χ4n) is 3.28. The van der Waals surface area contributed by atoms with Crippen LogP contribution in [0.25, 0.3) is 0 Å². The molecular formula is C31H50O3. The zero-order chi connectivity index (χ0) is 25.9. The highest BCUT2D eigenvalue weighted by atomic mass is 16.7. The van der Waals surface area contributed by atoms with Crippen molar-refractivity contribution in [3.8, 4) is 11.5 Å². The summed E-state index contributed by atoms with van der Waals surface area (Å²) in [5, 5.41) is 9.01. The molecule has 3 atom stereocenters. The number of phenols is 1. The first-order valence-electron chi connectivity index (χ1n) is 12.9. The highest BCUT2D eigenvalue weighted by Gasteiger charge is 2.23. The number of ether oxygens (including phenoxy) is 2. The highest BCUT2D eigenvalue weighted by molar-refractivity contribution is 5.29. The number of hydrogen-bond acceptors (Lipinski definition) is 3. The lowest BCUT2D eigenvalue weighted by Crippen LogP contribution is -2.30. The molecule has 3 heteroatoms. The van der Waals surface area contributed by atoms with E-state index in [0.717, 1.165) is 25.0 Å². The van der Waals surface area contributed by atoms with Crippen molar-refractivity contribution in [2.45, 2.75) is 107 Å². The Morgan fingerprint density at radius 3 is 1.53 bits per heavy atom. The molecule has 0 heterocycles. The van der Waals surface area contributed by atoms with Crippen molar-refractivity contribution >= 4 is 0 Å².